The van der Waals surface area contributed by atoms with Gasteiger partial charge in [0.15, 0.2) is 0 Å². The SMILES string of the molecule is O=C(O)Cc1csc(CN2CCCCC2CCO)n1. The lowest BCUT2D eigenvalue weighted by molar-refractivity contribution is -0.136. The van der Waals surface area contributed by atoms with Crippen molar-refractivity contribution in [2.75, 3.05) is 13.2 Å². The van der Waals surface area contributed by atoms with Gasteiger partial charge in [-0.1, -0.05) is 6.42 Å². The fourth-order valence-corrected chi connectivity index (χ4v) is 3.39. The van der Waals surface area contributed by atoms with Crippen molar-refractivity contribution >= 4 is 17.3 Å². The first-order chi connectivity index (χ1) is 9.19. The molecule has 2 rings (SSSR count). The first kappa shape index (κ1) is 14.4. The lowest BCUT2D eigenvalue weighted by atomic mass is 10.00. The predicted octanol–water partition coefficient (Wildman–Crippen LogP) is 1.51. The van der Waals surface area contributed by atoms with Crippen molar-refractivity contribution in [1.29, 1.82) is 0 Å². The number of nitrogens with zero attached hydrogens (tertiary/aromatic N) is 2. The van der Waals surface area contributed by atoms with Gasteiger partial charge in [0.1, 0.15) is 5.01 Å². The standard InChI is InChI=1S/C13H20N2O3S/c16-6-4-11-3-1-2-5-15(11)8-12-14-10(9-19-12)7-13(17)18/h9,11,16H,1-8H2,(H,17,18). The Bertz CT molecular complexity index is 420. The van der Waals surface area contributed by atoms with E-state index in [0.29, 0.717) is 11.7 Å². The van der Waals surface area contributed by atoms with Gasteiger partial charge in [0, 0.05) is 18.0 Å². The third kappa shape index (κ3) is 4.26. The van der Waals surface area contributed by atoms with Gasteiger partial charge in [-0.05, 0) is 25.8 Å². The zero-order chi connectivity index (χ0) is 13.7. The lowest BCUT2D eigenvalue weighted by Gasteiger charge is -2.34. The van der Waals surface area contributed by atoms with Crippen molar-refractivity contribution in [2.24, 2.45) is 0 Å². The Balaban J connectivity index is 1.94. The van der Waals surface area contributed by atoms with E-state index in [9.17, 15) is 4.79 Å². The van der Waals surface area contributed by atoms with E-state index in [1.54, 1.807) is 0 Å². The molecule has 6 heteroatoms. The predicted molar refractivity (Wildman–Crippen MR) is 73.2 cm³/mol. The van der Waals surface area contributed by atoms with E-state index in [1.165, 1.54) is 24.2 Å². The van der Waals surface area contributed by atoms with Gasteiger partial charge in [0.05, 0.1) is 18.7 Å². The van der Waals surface area contributed by atoms with Crippen LogP contribution in [-0.4, -0.2) is 45.3 Å². The van der Waals surface area contributed by atoms with E-state index < -0.39 is 5.97 Å². The molecule has 1 unspecified atom stereocenters. The van der Waals surface area contributed by atoms with E-state index in [2.05, 4.69) is 9.88 Å². The number of hydrogen-bond donors (Lipinski definition) is 2. The second-order valence-corrected chi connectivity index (χ2v) is 5.88. The molecule has 19 heavy (non-hydrogen) atoms. The molecule has 0 amide bonds. The second kappa shape index (κ2) is 6.98. The Morgan fingerprint density at radius 1 is 1.53 bits per heavy atom. The van der Waals surface area contributed by atoms with E-state index in [0.717, 1.165) is 30.9 Å². The third-order valence-electron chi connectivity index (χ3n) is 3.48. The second-order valence-electron chi connectivity index (χ2n) is 4.94. The van der Waals surface area contributed by atoms with Crippen LogP contribution in [0.25, 0.3) is 0 Å². The van der Waals surface area contributed by atoms with Crippen molar-refractivity contribution in [3.05, 3.63) is 16.1 Å². The topological polar surface area (TPSA) is 73.7 Å². The minimum atomic E-state index is -0.840. The van der Waals surface area contributed by atoms with E-state index in [4.69, 9.17) is 10.2 Å². The van der Waals surface area contributed by atoms with Crippen LogP contribution in [0, 0.1) is 0 Å². The zero-order valence-electron chi connectivity index (χ0n) is 10.9. The van der Waals surface area contributed by atoms with Gasteiger partial charge in [0.25, 0.3) is 0 Å². The molecule has 5 nitrogen and oxygen atoms in total. The number of rotatable bonds is 6. The quantitative estimate of drug-likeness (QED) is 0.828. The summed E-state index contributed by atoms with van der Waals surface area (Å²) in [6, 6.07) is 0.436. The summed E-state index contributed by atoms with van der Waals surface area (Å²) in [6.45, 7) is 2.04. The lowest BCUT2D eigenvalue weighted by Crippen LogP contribution is -2.39. The molecule has 1 aliphatic heterocycles. The largest absolute Gasteiger partial charge is 0.481 e. The number of aliphatic hydroxyl groups is 1. The zero-order valence-corrected chi connectivity index (χ0v) is 11.7. The summed E-state index contributed by atoms with van der Waals surface area (Å²) < 4.78 is 0. The highest BCUT2D eigenvalue weighted by Gasteiger charge is 2.22. The molecule has 0 aliphatic carbocycles. The molecule has 1 aromatic heterocycles. The maximum Gasteiger partial charge on any atom is 0.309 e. The van der Waals surface area contributed by atoms with Crippen molar-refractivity contribution in [1.82, 2.24) is 9.88 Å². The average molecular weight is 284 g/mol. The summed E-state index contributed by atoms with van der Waals surface area (Å²) in [5, 5.41) is 20.6. The monoisotopic (exact) mass is 284 g/mol. The van der Waals surface area contributed by atoms with E-state index in [1.807, 2.05) is 5.38 Å². The molecular weight excluding hydrogens is 264 g/mol. The molecule has 1 aliphatic rings. The molecule has 2 heterocycles. The highest BCUT2D eigenvalue weighted by Crippen LogP contribution is 2.23. The third-order valence-corrected chi connectivity index (χ3v) is 4.36. The van der Waals surface area contributed by atoms with Gasteiger partial charge >= 0.3 is 5.97 Å². The Hall–Kier alpha value is -0.980. The summed E-state index contributed by atoms with van der Waals surface area (Å²) in [7, 11) is 0. The summed E-state index contributed by atoms with van der Waals surface area (Å²) >= 11 is 1.53. The van der Waals surface area contributed by atoms with Crippen molar-refractivity contribution in [3.8, 4) is 0 Å². The van der Waals surface area contributed by atoms with Gasteiger partial charge < -0.3 is 10.2 Å². The van der Waals surface area contributed by atoms with Crippen LogP contribution < -0.4 is 0 Å². The van der Waals surface area contributed by atoms with Crippen molar-refractivity contribution in [2.45, 2.75) is 44.7 Å². The van der Waals surface area contributed by atoms with Crippen LogP contribution in [0.15, 0.2) is 5.38 Å². The first-order valence-corrected chi connectivity index (χ1v) is 7.57. The van der Waals surface area contributed by atoms with Crippen LogP contribution >= 0.6 is 11.3 Å². The van der Waals surface area contributed by atoms with Gasteiger partial charge in [-0.25, -0.2) is 4.98 Å². The number of hydrogen-bond acceptors (Lipinski definition) is 5. The van der Waals surface area contributed by atoms with Crippen LogP contribution in [0.2, 0.25) is 0 Å². The summed E-state index contributed by atoms with van der Waals surface area (Å²) in [6.07, 6.45) is 4.36. The molecule has 0 saturated carbocycles. The number of carboxylic acid groups (broad SMARTS) is 1. The number of piperidine rings is 1. The van der Waals surface area contributed by atoms with E-state index >= 15 is 0 Å². The van der Waals surface area contributed by atoms with Gasteiger partial charge in [0.2, 0.25) is 0 Å². The van der Waals surface area contributed by atoms with Crippen LogP contribution in [-0.2, 0) is 17.8 Å². The van der Waals surface area contributed by atoms with Gasteiger partial charge in [-0.2, -0.15) is 0 Å². The molecule has 0 radical (unpaired) electrons. The number of thiazole rings is 1. The molecule has 106 valence electrons. The number of carboxylic acids is 1. The minimum absolute atomic E-state index is 0.00340. The van der Waals surface area contributed by atoms with Gasteiger partial charge in [-0.3, -0.25) is 9.69 Å². The van der Waals surface area contributed by atoms with Crippen LogP contribution in [0.3, 0.4) is 0 Å². The number of aliphatic hydroxyl groups excluding tert-OH is 1. The Labute approximate surface area is 116 Å². The summed E-state index contributed by atoms with van der Waals surface area (Å²) in [4.78, 5) is 17.4. The fraction of sp³-hybridized carbons (Fsp3) is 0.692. The molecule has 1 fully saturated rings. The Morgan fingerprint density at radius 2 is 2.37 bits per heavy atom. The van der Waals surface area contributed by atoms with Crippen molar-refractivity contribution in [3.63, 3.8) is 0 Å². The summed E-state index contributed by atoms with van der Waals surface area (Å²) in [5.41, 5.74) is 0.642. The smallest absolute Gasteiger partial charge is 0.309 e. The van der Waals surface area contributed by atoms with Crippen LogP contribution in [0.5, 0.6) is 0 Å². The molecular formula is C13H20N2O3S. The Kier molecular flexibility index (Phi) is 5.30. The first-order valence-electron chi connectivity index (χ1n) is 6.69. The minimum Gasteiger partial charge on any atom is -0.481 e. The highest BCUT2D eigenvalue weighted by molar-refractivity contribution is 7.09. The molecule has 2 N–H and O–H groups in total. The number of likely N-dealkylation sites (tertiary alicyclic amines) is 1. The average Bonchev–Trinajstić information content (AvgIpc) is 2.78. The molecule has 1 saturated heterocycles. The van der Waals surface area contributed by atoms with E-state index in [-0.39, 0.29) is 13.0 Å². The summed E-state index contributed by atoms with van der Waals surface area (Å²) in [5.74, 6) is -0.840. The number of aromatic nitrogens is 1. The number of aliphatic carboxylic acids is 1. The molecule has 0 bridgehead atoms. The molecule has 1 atom stereocenters. The normalized spacial score (nSPS) is 20.6. The maximum absolute atomic E-state index is 10.6. The van der Waals surface area contributed by atoms with Crippen molar-refractivity contribution < 1.29 is 15.0 Å². The Morgan fingerprint density at radius 3 is 3.11 bits per heavy atom. The molecule has 0 spiro atoms. The molecule has 1 aromatic rings. The fourth-order valence-electron chi connectivity index (χ4n) is 2.58. The van der Waals surface area contributed by atoms with Gasteiger partial charge in [-0.15, -0.1) is 11.3 Å². The number of carbonyl (C=O) groups is 1. The van der Waals surface area contributed by atoms with Crippen LogP contribution in [0.4, 0.5) is 0 Å². The highest BCUT2D eigenvalue weighted by atomic mass is 32.1. The maximum atomic E-state index is 10.6. The molecule has 0 aromatic carbocycles. The van der Waals surface area contributed by atoms with Crippen LogP contribution in [0.1, 0.15) is 36.4 Å².